The molecule has 13 heavy (non-hydrogen) atoms. The lowest BCUT2D eigenvalue weighted by Gasteiger charge is -2.08. The van der Waals surface area contributed by atoms with Gasteiger partial charge in [0.2, 0.25) is 0 Å². The van der Waals surface area contributed by atoms with Crippen molar-refractivity contribution in [3.63, 3.8) is 0 Å². The molecule has 1 aromatic rings. The van der Waals surface area contributed by atoms with Gasteiger partial charge in [0.25, 0.3) is 0 Å². The second kappa shape index (κ2) is 3.47. The fourth-order valence-electron chi connectivity index (χ4n) is 1.98. The van der Waals surface area contributed by atoms with Gasteiger partial charge in [0.05, 0.1) is 6.10 Å². The summed E-state index contributed by atoms with van der Waals surface area (Å²) in [4.78, 5) is 0. The Morgan fingerprint density at radius 1 is 1.54 bits per heavy atom. The molecular weight excluding hydrogens is 166 g/mol. The smallest absolute Gasteiger partial charge is 0.0694 e. The lowest BCUT2D eigenvalue weighted by atomic mass is 10.1. The van der Waals surface area contributed by atoms with Crippen molar-refractivity contribution in [2.45, 2.75) is 31.5 Å². The molecule has 1 heterocycles. The van der Waals surface area contributed by atoms with Crippen LogP contribution in [0.1, 0.15) is 12.8 Å². The van der Waals surface area contributed by atoms with Crippen LogP contribution in [0.2, 0.25) is 0 Å². The van der Waals surface area contributed by atoms with Crippen molar-refractivity contribution in [1.29, 1.82) is 0 Å². The van der Waals surface area contributed by atoms with E-state index in [1.807, 2.05) is 16.9 Å². The van der Waals surface area contributed by atoms with E-state index in [1.165, 1.54) is 0 Å². The van der Waals surface area contributed by atoms with E-state index in [2.05, 4.69) is 5.10 Å². The van der Waals surface area contributed by atoms with Gasteiger partial charge in [-0.05, 0) is 24.8 Å². The van der Waals surface area contributed by atoms with Gasteiger partial charge in [-0.25, -0.2) is 0 Å². The fraction of sp³-hybridized carbons (Fsp3) is 0.667. The number of nitrogens with two attached hydrogens (primary N) is 1. The number of hydrogen-bond donors (Lipinski definition) is 2. The molecule has 3 N–H and O–H groups in total. The Morgan fingerprint density at radius 2 is 2.38 bits per heavy atom. The summed E-state index contributed by atoms with van der Waals surface area (Å²) in [6, 6.07) is 1.87. The van der Waals surface area contributed by atoms with E-state index in [-0.39, 0.29) is 12.1 Å². The van der Waals surface area contributed by atoms with Crippen LogP contribution >= 0.6 is 0 Å². The number of hydrogen-bond acceptors (Lipinski definition) is 3. The maximum Gasteiger partial charge on any atom is 0.0694 e. The Hall–Kier alpha value is -0.870. The van der Waals surface area contributed by atoms with E-state index in [0.29, 0.717) is 5.92 Å². The molecular formula is C9H15N3O. The molecule has 0 spiro atoms. The highest BCUT2D eigenvalue weighted by Crippen LogP contribution is 2.25. The summed E-state index contributed by atoms with van der Waals surface area (Å²) in [5, 5.41) is 13.6. The van der Waals surface area contributed by atoms with E-state index in [1.54, 1.807) is 6.20 Å². The molecule has 72 valence electrons. The highest BCUT2D eigenvalue weighted by Gasteiger charge is 2.30. The molecule has 1 fully saturated rings. The van der Waals surface area contributed by atoms with Gasteiger partial charge in [-0.3, -0.25) is 4.68 Å². The van der Waals surface area contributed by atoms with Gasteiger partial charge in [-0.1, -0.05) is 0 Å². The molecule has 1 aromatic heterocycles. The molecule has 1 aliphatic rings. The molecule has 2 rings (SSSR count). The minimum atomic E-state index is -0.319. The normalized spacial score (nSPS) is 33.8. The van der Waals surface area contributed by atoms with Gasteiger partial charge in [0.1, 0.15) is 0 Å². The first-order chi connectivity index (χ1) is 6.25. The minimum Gasteiger partial charge on any atom is -0.392 e. The summed E-state index contributed by atoms with van der Waals surface area (Å²) in [6.07, 6.45) is 5.10. The molecule has 0 saturated heterocycles. The molecule has 0 radical (unpaired) electrons. The molecule has 3 atom stereocenters. The lowest BCUT2D eigenvalue weighted by molar-refractivity contribution is 0.160. The second-order valence-electron chi connectivity index (χ2n) is 3.80. The van der Waals surface area contributed by atoms with Crippen LogP contribution in [-0.2, 0) is 6.54 Å². The molecule has 0 aromatic carbocycles. The SMILES string of the molecule is NC1CC(Cn2cccn2)CC1O. The summed E-state index contributed by atoms with van der Waals surface area (Å²) in [6.45, 7) is 0.873. The summed E-state index contributed by atoms with van der Waals surface area (Å²) in [7, 11) is 0. The van der Waals surface area contributed by atoms with Gasteiger partial charge >= 0.3 is 0 Å². The molecule has 4 heteroatoms. The first-order valence-electron chi connectivity index (χ1n) is 4.67. The zero-order chi connectivity index (χ0) is 9.26. The van der Waals surface area contributed by atoms with Crippen molar-refractivity contribution in [2.75, 3.05) is 0 Å². The summed E-state index contributed by atoms with van der Waals surface area (Å²) < 4.78 is 1.90. The van der Waals surface area contributed by atoms with E-state index in [4.69, 9.17) is 5.73 Å². The molecule has 1 aliphatic carbocycles. The monoisotopic (exact) mass is 181 g/mol. The Bertz CT molecular complexity index is 250. The highest BCUT2D eigenvalue weighted by atomic mass is 16.3. The van der Waals surface area contributed by atoms with Crippen LogP contribution in [0.25, 0.3) is 0 Å². The first kappa shape index (κ1) is 8.72. The average molecular weight is 181 g/mol. The third kappa shape index (κ3) is 1.89. The predicted molar refractivity (Wildman–Crippen MR) is 48.9 cm³/mol. The number of nitrogens with zero attached hydrogens (tertiary/aromatic N) is 2. The van der Waals surface area contributed by atoms with E-state index >= 15 is 0 Å². The molecule has 0 aliphatic heterocycles. The maximum atomic E-state index is 9.44. The van der Waals surface area contributed by atoms with Crippen LogP contribution < -0.4 is 5.73 Å². The van der Waals surface area contributed by atoms with Crippen molar-refractivity contribution in [3.05, 3.63) is 18.5 Å². The molecule has 3 unspecified atom stereocenters. The Balaban J connectivity index is 1.91. The maximum absolute atomic E-state index is 9.44. The van der Waals surface area contributed by atoms with Gasteiger partial charge in [0, 0.05) is 25.0 Å². The van der Waals surface area contributed by atoms with Crippen molar-refractivity contribution < 1.29 is 5.11 Å². The van der Waals surface area contributed by atoms with Crippen LogP contribution in [0.4, 0.5) is 0 Å². The number of rotatable bonds is 2. The van der Waals surface area contributed by atoms with Crippen molar-refractivity contribution in [1.82, 2.24) is 9.78 Å². The zero-order valence-electron chi connectivity index (χ0n) is 7.50. The second-order valence-corrected chi connectivity index (χ2v) is 3.80. The lowest BCUT2D eigenvalue weighted by Crippen LogP contribution is -2.28. The largest absolute Gasteiger partial charge is 0.392 e. The van der Waals surface area contributed by atoms with E-state index < -0.39 is 0 Å². The van der Waals surface area contributed by atoms with Crippen molar-refractivity contribution in [2.24, 2.45) is 11.7 Å². The minimum absolute atomic E-state index is 0.0411. The van der Waals surface area contributed by atoms with Crippen molar-refractivity contribution in [3.8, 4) is 0 Å². The van der Waals surface area contributed by atoms with Gasteiger partial charge < -0.3 is 10.8 Å². The van der Waals surface area contributed by atoms with Crippen LogP contribution in [0.3, 0.4) is 0 Å². The van der Waals surface area contributed by atoms with E-state index in [0.717, 1.165) is 19.4 Å². The van der Waals surface area contributed by atoms with Crippen LogP contribution in [0.5, 0.6) is 0 Å². The molecule has 1 saturated carbocycles. The zero-order valence-corrected chi connectivity index (χ0v) is 7.50. The highest BCUT2D eigenvalue weighted by molar-refractivity contribution is 4.87. The third-order valence-electron chi connectivity index (χ3n) is 2.68. The Labute approximate surface area is 77.4 Å². The number of aliphatic hydroxyl groups excluding tert-OH is 1. The van der Waals surface area contributed by atoms with Crippen LogP contribution in [0, 0.1) is 5.92 Å². The topological polar surface area (TPSA) is 64.1 Å². The summed E-state index contributed by atoms with van der Waals surface area (Å²) in [5.41, 5.74) is 5.72. The predicted octanol–water partition coefficient (Wildman–Crippen LogP) is -0.0187. The molecule has 0 amide bonds. The molecule has 0 bridgehead atoms. The summed E-state index contributed by atoms with van der Waals surface area (Å²) >= 11 is 0. The van der Waals surface area contributed by atoms with E-state index in [9.17, 15) is 5.11 Å². The number of aromatic nitrogens is 2. The average Bonchev–Trinajstić information content (AvgIpc) is 2.64. The Kier molecular flexibility index (Phi) is 2.33. The summed E-state index contributed by atoms with van der Waals surface area (Å²) in [5.74, 6) is 0.477. The Morgan fingerprint density at radius 3 is 2.92 bits per heavy atom. The van der Waals surface area contributed by atoms with Crippen LogP contribution in [0.15, 0.2) is 18.5 Å². The number of aliphatic hydroxyl groups is 1. The van der Waals surface area contributed by atoms with Gasteiger partial charge in [0.15, 0.2) is 0 Å². The first-order valence-corrected chi connectivity index (χ1v) is 4.67. The van der Waals surface area contributed by atoms with Gasteiger partial charge in [-0.15, -0.1) is 0 Å². The molecule has 4 nitrogen and oxygen atoms in total. The van der Waals surface area contributed by atoms with Crippen LogP contribution in [-0.4, -0.2) is 27.0 Å². The third-order valence-corrected chi connectivity index (χ3v) is 2.68. The quantitative estimate of drug-likeness (QED) is 0.674. The fourth-order valence-corrected chi connectivity index (χ4v) is 1.98. The standard InChI is InChI=1S/C9H15N3O/c10-8-4-7(5-9(8)13)6-12-3-1-2-11-12/h1-3,7-9,13H,4-6,10H2. The van der Waals surface area contributed by atoms with Gasteiger partial charge in [-0.2, -0.15) is 5.10 Å². The van der Waals surface area contributed by atoms with Crippen molar-refractivity contribution >= 4 is 0 Å².